The number of allylic oxidation sites excluding steroid dienone is 6. The van der Waals surface area contributed by atoms with Crippen molar-refractivity contribution >= 4 is 0 Å². The van der Waals surface area contributed by atoms with Crippen LogP contribution in [0.5, 0.6) is 0 Å². The van der Waals surface area contributed by atoms with Crippen LogP contribution in [0.25, 0.3) is 0 Å². The van der Waals surface area contributed by atoms with Gasteiger partial charge in [-0.05, 0) is 32.3 Å². The van der Waals surface area contributed by atoms with Crippen LogP contribution in [0.3, 0.4) is 0 Å². The van der Waals surface area contributed by atoms with E-state index >= 15 is 0 Å². The highest BCUT2D eigenvalue weighted by atomic mass is 19.4. The summed E-state index contributed by atoms with van der Waals surface area (Å²) in [4.78, 5) is 0. The van der Waals surface area contributed by atoms with Gasteiger partial charge >= 0.3 is 6.18 Å². The molecular formula is C13H19F3. The van der Waals surface area contributed by atoms with Crippen molar-refractivity contribution in [1.29, 1.82) is 0 Å². The molecule has 0 rings (SSSR count). The van der Waals surface area contributed by atoms with Gasteiger partial charge in [-0.3, -0.25) is 0 Å². The van der Waals surface area contributed by atoms with Crippen molar-refractivity contribution in [3.05, 3.63) is 34.9 Å². The minimum Gasteiger partial charge on any atom is -0.166 e. The molecule has 0 atom stereocenters. The summed E-state index contributed by atoms with van der Waals surface area (Å²) in [6.45, 7) is 6.85. The number of alkyl halides is 3. The lowest BCUT2D eigenvalue weighted by atomic mass is 10.1. The maximum Gasteiger partial charge on any atom is 0.412 e. The Morgan fingerprint density at radius 3 is 2.00 bits per heavy atom. The summed E-state index contributed by atoms with van der Waals surface area (Å²) in [6.07, 6.45) is 2.28. The molecule has 0 aromatic heterocycles. The van der Waals surface area contributed by atoms with Crippen LogP contribution >= 0.6 is 0 Å². The Morgan fingerprint density at radius 2 is 1.62 bits per heavy atom. The van der Waals surface area contributed by atoms with Gasteiger partial charge in [0.15, 0.2) is 0 Å². The Balaban J connectivity index is 4.97. The molecule has 0 unspecified atom stereocenters. The van der Waals surface area contributed by atoms with Crippen molar-refractivity contribution in [1.82, 2.24) is 0 Å². The molecule has 0 aliphatic heterocycles. The summed E-state index contributed by atoms with van der Waals surface area (Å²) in [6, 6.07) is 0. The van der Waals surface area contributed by atoms with E-state index in [1.807, 2.05) is 26.8 Å². The van der Waals surface area contributed by atoms with Crippen LogP contribution in [0.4, 0.5) is 13.2 Å². The highest BCUT2D eigenvalue weighted by Gasteiger charge is 2.29. The van der Waals surface area contributed by atoms with E-state index in [-0.39, 0.29) is 0 Å². The third kappa shape index (κ3) is 5.79. The molecule has 0 amide bonds. The summed E-state index contributed by atoms with van der Waals surface area (Å²) in [5.74, 6) is 0. The van der Waals surface area contributed by atoms with Crippen LogP contribution in [0, 0.1) is 0 Å². The largest absolute Gasteiger partial charge is 0.412 e. The normalized spacial score (nSPS) is 15.6. The smallest absolute Gasteiger partial charge is 0.166 e. The van der Waals surface area contributed by atoms with E-state index in [0.717, 1.165) is 18.9 Å². The van der Waals surface area contributed by atoms with Crippen LogP contribution in [-0.4, -0.2) is 6.18 Å². The van der Waals surface area contributed by atoms with Gasteiger partial charge in [-0.1, -0.05) is 37.6 Å². The second-order valence-electron chi connectivity index (χ2n) is 3.75. The predicted octanol–water partition coefficient (Wildman–Crippen LogP) is 5.19. The molecule has 16 heavy (non-hydrogen) atoms. The Hall–Kier alpha value is -0.990. The van der Waals surface area contributed by atoms with E-state index in [1.165, 1.54) is 6.08 Å². The van der Waals surface area contributed by atoms with Crippen LogP contribution < -0.4 is 0 Å². The SMILES string of the molecule is CC\C=C(C)/C=C(\C=C(/C)C(F)(F)F)CC. The lowest BCUT2D eigenvalue weighted by molar-refractivity contribution is -0.0913. The number of halogens is 3. The number of hydrogen-bond donors (Lipinski definition) is 0. The minimum absolute atomic E-state index is 0.551. The molecule has 0 saturated carbocycles. The molecule has 0 saturated heterocycles. The average Bonchev–Trinajstić information content (AvgIpc) is 2.15. The third-order valence-electron chi connectivity index (χ3n) is 2.20. The van der Waals surface area contributed by atoms with Gasteiger partial charge < -0.3 is 0 Å². The molecule has 0 aliphatic rings. The fourth-order valence-corrected chi connectivity index (χ4v) is 1.28. The van der Waals surface area contributed by atoms with Gasteiger partial charge in [-0.25, -0.2) is 0 Å². The summed E-state index contributed by atoms with van der Waals surface area (Å²) < 4.78 is 37.0. The maximum atomic E-state index is 12.3. The summed E-state index contributed by atoms with van der Waals surface area (Å²) in [7, 11) is 0. The molecule has 0 nitrogen and oxygen atoms in total. The molecule has 0 N–H and O–H groups in total. The van der Waals surface area contributed by atoms with Crippen LogP contribution in [-0.2, 0) is 0 Å². The topological polar surface area (TPSA) is 0 Å². The van der Waals surface area contributed by atoms with Crippen molar-refractivity contribution in [2.45, 2.75) is 46.7 Å². The first kappa shape index (κ1) is 15.0. The lowest BCUT2D eigenvalue weighted by Crippen LogP contribution is -2.09. The maximum absolute atomic E-state index is 12.3. The summed E-state index contributed by atoms with van der Waals surface area (Å²) >= 11 is 0. The first-order valence-corrected chi connectivity index (χ1v) is 5.44. The van der Waals surface area contributed by atoms with Gasteiger partial charge in [0, 0.05) is 5.57 Å². The number of hydrogen-bond acceptors (Lipinski definition) is 0. The summed E-state index contributed by atoms with van der Waals surface area (Å²) in [5, 5.41) is 0. The molecule has 0 aromatic carbocycles. The first-order chi connectivity index (χ1) is 7.31. The molecule has 3 heteroatoms. The third-order valence-corrected chi connectivity index (χ3v) is 2.20. The Morgan fingerprint density at radius 1 is 1.06 bits per heavy atom. The van der Waals surface area contributed by atoms with Crippen molar-refractivity contribution in [2.24, 2.45) is 0 Å². The van der Waals surface area contributed by atoms with E-state index in [2.05, 4.69) is 0 Å². The molecule has 0 heterocycles. The standard InChI is InChI=1S/C13H19F3/c1-5-7-10(3)8-12(6-2)9-11(4)13(14,15)16/h7-9H,5-6H2,1-4H3/b10-7-,11-9+,12-8-. The predicted molar refractivity (Wildman–Crippen MR) is 62.2 cm³/mol. The van der Waals surface area contributed by atoms with Gasteiger partial charge in [0.2, 0.25) is 0 Å². The fourth-order valence-electron chi connectivity index (χ4n) is 1.28. The van der Waals surface area contributed by atoms with E-state index in [0.29, 0.717) is 12.0 Å². The number of rotatable bonds is 4. The fraction of sp³-hybridized carbons (Fsp3) is 0.538. The van der Waals surface area contributed by atoms with Gasteiger partial charge in [-0.2, -0.15) is 13.2 Å². The lowest BCUT2D eigenvalue weighted by Gasteiger charge is -2.07. The highest BCUT2D eigenvalue weighted by molar-refractivity contribution is 5.31. The molecule has 0 bridgehead atoms. The minimum atomic E-state index is -4.23. The zero-order valence-corrected chi connectivity index (χ0v) is 10.3. The van der Waals surface area contributed by atoms with Crippen LogP contribution in [0.15, 0.2) is 34.9 Å². The average molecular weight is 232 g/mol. The van der Waals surface area contributed by atoms with Gasteiger partial charge in [0.05, 0.1) is 0 Å². The van der Waals surface area contributed by atoms with Gasteiger partial charge in [-0.15, -0.1) is 0 Å². The van der Waals surface area contributed by atoms with E-state index in [9.17, 15) is 13.2 Å². The Kier molecular flexibility index (Phi) is 6.16. The Bertz CT molecular complexity index is 304. The second-order valence-corrected chi connectivity index (χ2v) is 3.75. The van der Waals surface area contributed by atoms with Gasteiger partial charge in [0.25, 0.3) is 0 Å². The van der Waals surface area contributed by atoms with E-state index < -0.39 is 11.7 Å². The van der Waals surface area contributed by atoms with E-state index in [4.69, 9.17) is 0 Å². The zero-order chi connectivity index (χ0) is 12.8. The van der Waals surface area contributed by atoms with Crippen molar-refractivity contribution in [3.63, 3.8) is 0 Å². The van der Waals surface area contributed by atoms with Gasteiger partial charge in [0.1, 0.15) is 0 Å². The zero-order valence-electron chi connectivity index (χ0n) is 10.3. The Labute approximate surface area is 95.5 Å². The van der Waals surface area contributed by atoms with Crippen LogP contribution in [0.2, 0.25) is 0 Å². The highest BCUT2D eigenvalue weighted by Crippen LogP contribution is 2.26. The molecule has 0 spiro atoms. The molecular weight excluding hydrogens is 213 g/mol. The molecule has 0 fully saturated rings. The molecule has 0 aromatic rings. The van der Waals surface area contributed by atoms with Crippen molar-refractivity contribution < 1.29 is 13.2 Å². The monoisotopic (exact) mass is 232 g/mol. The summed E-state index contributed by atoms with van der Waals surface area (Å²) in [5.41, 5.74) is 1.16. The van der Waals surface area contributed by atoms with Crippen molar-refractivity contribution in [3.8, 4) is 0 Å². The second kappa shape index (κ2) is 6.56. The van der Waals surface area contributed by atoms with E-state index in [1.54, 1.807) is 6.08 Å². The molecule has 0 aliphatic carbocycles. The molecule has 0 radical (unpaired) electrons. The van der Waals surface area contributed by atoms with Crippen LogP contribution in [0.1, 0.15) is 40.5 Å². The first-order valence-electron chi connectivity index (χ1n) is 5.44. The quantitative estimate of drug-likeness (QED) is 0.585. The van der Waals surface area contributed by atoms with Crippen molar-refractivity contribution in [2.75, 3.05) is 0 Å². The molecule has 92 valence electrons.